The van der Waals surface area contributed by atoms with Crippen molar-refractivity contribution < 1.29 is 0 Å². The van der Waals surface area contributed by atoms with Crippen molar-refractivity contribution in [3.63, 3.8) is 0 Å². The first-order valence-corrected chi connectivity index (χ1v) is 21.8. The van der Waals surface area contributed by atoms with Gasteiger partial charge in [0.05, 0.1) is 16.8 Å². The lowest BCUT2D eigenvalue weighted by molar-refractivity contribution is 0.754. The van der Waals surface area contributed by atoms with E-state index < -0.39 is 5.41 Å². The predicted molar refractivity (Wildman–Crippen MR) is 263 cm³/mol. The van der Waals surface area contributed by atoms with Crippen LogP contribution in [0, 0.1) is 0 Å². The maximum absolute atomic E-state index is 2.50. The molecule has 10 aromatic rings. The van der Waals surface area contributed by atoms with Crippen molar-refractivity contribution in [1.82, 2.24) is 0 Å². The molecule has 1 heterocycles. The number of hydrogen-bond donors (Lipinski definition) is 0. The van der Waals surface area contributed by atoms with Gasteiger partial charge in [-0.3, -0.25) is 0 Å². The Balaban J connectivity index is 1.08. The fourth-order valence-corrected chi connectivity index (χ4v) is 10.4. The second kappa shape index (κ2) is 15.1. The molecule has 0 aromatic heterocycles. The minimum Gasteiger partial charge on any atom is -0.310 e. The summed E-state index contributed by atoms with van der Waals surface area (Å²) in [6, 6.07) is 93.2. The van der Waals surface area contributed by atoms with E-state index in [2.05, 4.69) is 265 Å². The fourth-order valence-electron chi connectivity index (χ4n) is 10.4. The van der Waals surface area contributed by atoms with Crippen molar-refractivity contribution in [2.45, 2.75) is 5.41 Å². The van der Waals surface area contributed by atoms with Gasteiger partial charge in [-0.25, -0.2) is 0 Å². The average Bonchev–Trinajstić information content (AvgIpc) is 3.68. The van der Waals surface area contributed by atoms with E-state index in [1.807, 2.05) is 0 Å². The normalized spacial score (nSPS) is 14.4. The van der Waals surface area contributed by atoms with E-state index in [-0.39, 0.29) is 0 Å². The van der Waals surface area contributed by atoms with Gasteiger partial charge in [0.15, 0.2) is 0 Å². The van der Waals surface area contributed by atoms with Crippen LogP contribution in [0.15, 0.2) is 255 Å². The van der Waals surface area contributed by atoms with Crippen LogP contribution in [0.25, 0.3) is 44.5 Å². The lowest BCUT2D eigenvalue weighted by atomic mass is 9.64. The minimum atomic E-state index is -0.572. The number of hydrogen-bond acceptors (Lipinski definition) is 2. The maximum Gasteiger partial charge on any atom is 0.0754 e. The van der Waals surface area contributed by atoms with Crippen LogP contribution in [0.4, 0.5) is 34.1 Å². The van der Waals surface area contributed by atoms with Crippen molar-refractivity contribution in [3.05, 3.63) is 277 Å². The second-order valence-corrected chi connectivity index (χ2v) is 16.5. The molecule has 0 spiro atoms. The molecular weight excluding hydrogens is 761 g/mol. The number of para-hydroxylation sites is 3. The first-order chi connectivity index (χ1) is 31.3. The van der Waals surface area contributed by atoms with Crippen LogP contribution in [-0.4, -0.2) is 0 Å². The van der Waals surface area contributed by atoms with Crippen LogP contribution < -0.4 is 9.80 Å². The van der Waals surface area contributed by atoms with Gasteiger partial charge in [0.25, 0.3) is 0 Å². The molecule has 12 rings (SSSR count). The lowest BCUT2D eigenvalue weighted by Crippen LogP contribution is -2.35. The monoisotopic (exact) mass is 802 g/mol. The molecule has 0 saturated carbocycles. The molecule has 63 heavy (non-hydrogen) atoms. The first kappa shape index (κ1) is 36.6. The standard InChI is InChI=1S/C61H42N2/c1-6-20-43(21-7-1)46-24-18-31-52(40-46)62(49-27-12-4-13-28-49)51-38-36-44(37-39-51)47-41-54(45-22-8-2-9-23-45)59-53-32-19-35-58-60(53)61(56(59)42-47,48-25-10-3-11-26-48)55-33-16-17-34-57(55)63(58)50-29-14-5-15-30-50/h1-42H. The topological polar surface area (TPSA) is 6.48 Å². The molecule has 0 N–H and O–H groups in total. The highest BCUT2D eigenvalue weighted by atomic mass is 15.2. The van der Waals surface area contributed by atoms with Gasteiger partial charge in [0.1, 0.15) is 0 Å². The van der Waals surface area contributed by atoms with Crippen molar-refractivity contribution in [3.8, 4) is 44.5 Å². The molecule has 2 aliphatic rings. The molecule has 2 nitrogen and oxygen atoms in total. The Morgan fingerprint density at radius 1 is 0.317 bits per heavy atom. The summed E-state index contributed by atoms with van der Waals surface area (Å²) < 4.78 is 0. The van der Waals surface area contributed by atoms with Crippen LogP contribution in [-0.2, 0) is 5.41 Å². The zero-order valence-electron chi connectivity index (χ0n) is 34.6. The Morgan fingerprint density at radius 3 is 1.59 bits per heavy atom. The number of nitrogens with zero attached hydrogens (tertiary/aromatic N) is 2. The Kier molecular flexibility index (Phi) is 8.76. The lowest BCUT2D eigenvalue weighted by Gasteiger charge is -2.44. The SMILES string of the molecule is c1ccc(-c2cccc(N(c3ccccc3)c3ccc(-c4cc(-c5ccccc5)c5c(c4)C4(c6ccccc6)c6ccccc6N(c6ccccc6)c6cccc-5c64)cc3)c2)cc1. The van der Waals surface area contributed by atoms with Crippen LogP contribution in [0.3, 0.4) is 0 Å². The van der Waals surface area contributed by atoms with Gasteiger partial charge in [-0.2, -0.15) is 0 Å². The second-order valence-electron chi connectivity index (χ2n) is 16.5. The fraction of sp³-hybridized carbons (Fsp3) is 0.0164. The van der Waals surface area contributed by atoms with Gasteiger partial charge in [0, 0.05) is 28.3 Å². The minimum absolute atomic E-state index is 0.572. The quantitative estimate of drug-likeness (QED) is 0.151. The first-order valence-electron chi connectivity index (χ1n) is 21.8. The summed E-state index contributed by atoms with van der Waals surface area (Å²) in [6.45, 7) is 0. The summed E-state index contributed by atoms with van der Waals surface area (Å²) in [5, 5.41) is 0. The van der Waals surface area contributed by atoms with Crippen LogP contribution in [0.1, 0.15) is 22.3 Å². The molecule has 1 aliphatic heterocycles. The molecule has 0 amide bonds. The van der Waals surface area contributed by atoms with Crippen LogP contribution >= 0.6 is 0 Å². The highest BCUT2D eigenvalue weighted by molar-refractivity contribution is 6.04. The predicted octanol–water partition coefficient (Wildman–Crippen LogP) is 16.3. The van der Waals surface area contributed by atoms with Crippen molar-refractivity contribution in [2.24, 2.45) is 0 Å². The molecule has 1 atom stereocenters. The average molecular weight is 803 g/mol. The van der Waals surface area contributed by atoms with Gasteiger partial charge in [-0.15, -0.1) is 0 Å². The molecule has 0 fully saturated rings. The van der Waals surface area contributed by atoms with Crippen molar-refractivity contribution in [1.29, 1.82) is 0 Å². The molecule has 0 radical (unpaired) electrons. The third-order valence-electron chi connectivity index (χ3n) is 13.0. The highest BCUT2D eigenvalue weighted by Gasteiger charge is 2.53. The number of benzene rings is 10. The number of fused-ring (bicyclic) bond motifs is 5. The molecule has 0 bridgehead atoms. The molecular formula is C61H42N2. The van der Waals surface area contributed by atoms with E-state index >= 15 is 0 Å². The summed E-state index contributed by atoms with van der Waals surface area (Å²) in [5.74, 6) is 0. The summed E-state index contributed by atoms with van der Waals surface area (Å²) in [5.41, 5.74) is 21.2. The van der Waals surface area contributed by atoms with E-state index in [9.17, 15) is 0 Å². The molecule has 2 heteroatoms. The smallest absolute Gasteiger partial charge is 0.0754 e. The third-order valence-corrected chi connectivity index (χ3v) is 13.0. The van der Waals surface area contributed by atoms with E-state index in [0.717, 1.165) is 22.7 Å². The van der Waals surface area contributed by atoms with Crippen molar-refractivity contribution in [2.75, 3.05) is 9.80 Å². The van der Waals surface area contributed by atoms with E-state index in [4.69, 9.17) is 0 Å². The number of rotatable bonds is 8. The van der Waals surface area contributed by atoms with Crippen LogP contribution in [0.2, 0.25) is 0 Å². The van der Waals surface area contributed by atoms with Gasteiger partial charge in [-0.1, -0.05) is 182 Å². The summed E-state index contributed by atoms with van der Waals surface area (Å²) >= 11 is 0. The Hall–Kier alpha value is -8.20. The third kappa shape index (κ3) is 5.87. The zero-order chi connectivity index (χ0) is 41.7. The van der Waals surface area contributed by atoms with Gasteiger partial charge >= 0.3 is 0 Å². The molecule has 1 unspecified atom stereocenters. The largest absolute Gasteiger partial charge is 0.310 e. The molecule has 1 aliphatic carbocycles. The number of anilines is 6. The maximum atomic E-state index is 2.50. The van der Waals surface area contributed by atoms with Gasteiger partial charge in [0.2, 0.25) is 0 Å². The molecule has 10 aromatic carbocycles. The Bertz CT molecular complexity index is 3260. The summed E-state index contributed by atoms with van der Waals surface area (Å²) in [6.07, 6.45) is 0. The Morgan fingerprint density at radius 2 is 0.857 bits per heavy atom. The summed E-state index contributed by atoms with van der Waals surface area (Å²) in [4.78, 5) is 4.82. The molecule has 0 saturated heterocycles. The van der Waals surface area contributed by atoms with E-state index in [1.54, 1.807) is 0 Å². The van der Waals surface area contributed by atoms with Crippen LogP contribution in [0.5, 0.6) is 0 Å². The van der Waals surface area contributed by atoms with E-state index in [1.165, 1.54) is 78.1 Å². The van der Waals surface area contributed by atoms with E-state index in [0.29, 0.717) is 0 Å². The summed E-state index contributed by atoms with van der Waals surface area (Å²) in [7, 11) is 0. The highest BCUT2D eigenvalue weighted by Crippen LogP contribution is 2.66. The molecule has 296 valence electrons. The van der Waals surface area contributed by atoms with Crippen molar-refractivity contribution >= 4 is 34.1 Å². The zero-order valence-corrected chi connectivity index (χ0v) is 34.6. The van der Waals surface area contributed by atoms with Gasteiger partial charge < -0.3 is 9.80 Å². The Labute approximate surface area is 369 Å². The van der Waals surface area contributed by atoms with Gasteiger partial charge in [-0.05, 0) is 134 Å².